The van der Waals surface area contributed by atoms with Crippen molar-refractivity contribution in [2.24, 2.45) is 0 Å². The zero-order chi connectivity index (χ0) is 43.9. The Balaban J connectivity index is 1.05. The molecule has 0 saturated heterocycles. The first kappa shape index (κ1) is 38.9. The fourth-order valence-electron chi connectivity index (χ4n) is 11.3. The van der Waals surface area contributed by atoms with Gasteiger partial charge in [-0.3, -0.25) is 0 Å². The summed E-state index contributed by atoms with van der Waals surface area (Å²) in [7, 11) is 0. The van der Waals surface area contributed by atoms with Gasteiger partial charge in [-0.05, 0) is 136 Å². The highest BCUT2D eigenvalue weighted by Gasteiger charge is 2.40. The molecule has 0 unspecified atom stereocenters. The van der Waals surface area contributed by atoms with Gasteiger partial charge in [0, 0.05) is 27.9 Å². The molecule has 0 fully saturated rings. The largest absolute Gasteiger partial charge is 0.310 e. The lowest BCUT2D eigenvalue weighted by atomic mass is 9.77. The molecule has 0 saturated carbocycles. The van der Waals surface area contributed by atoms with Gasteiger partial charge in [0.05, 0.1) is 0 Å². The highest BCUT2D eigenvalue weighted by atomic mass is 15.1. The van der Waals surface area contributed by atoms with Gasteiger partial charge in [-0.1, -0.05) is 216 Å². The Hall–Kier alpha value is -7.74. The van der Waals surface area contributed by atoms with Crippen molar-refractivity contribution in [1.29, 1.82) is 0 Å². The molecule has 1 nitrogen and oxygen atoms in total. The van der Waals surface area contributed by atoms with Crippen molar-refractivity contribution in [2.45, 2.75) is 38.5 Å². The van der Waals surface area contributed by atoms with Crippen molar-refractivity contribution in [2.75, 3.05) is 4.90 Å². The smallest absolute Gasteiger partial charge is 0.0465 e. The van der Waals surface area contributed by atoms with Crippen LogP contribution in [0.15, 0.2) is 224 Å². The lowest BCUT2D eigenvalue weighted by molar-refractivity contribution is 0.660. The normalized spacial score (nSPS) is 13.8. The minimum atomic E-state index is -0.172. The molecule has 0 heterocycles. The van der Waals surface area contributed by atoms with E-state index >= 15 is 0 Å². The lowest BCUT2D eigenvalue weighted by Gasteiger charge is -2.29. The number of rotatable bonds is 7. The fourth-order valence-corrected chi connectivity index (χ4v) is 11.3. The number of anilines is 3. The van der Waals surface area contributed by atoms with Crippen LogP contribution in [-0.2, 0) is 10.8 Å². The monoisotopic (exact) mass is 831 g/mol. The van der Waals surface area contributed by atoms with E-state index in [-0.39, 0.29) is 10.8 Å². The highest BCUT2D eigenvalue weighted by molar-refractivity contribution is 6.14. The van der Waals surface area contributed by atoms with Crippen molar-refractivity contribution >= 4 is 27.8 Å². The summed E-state index contributed by atoms with van der Waals surface area (Å²) in [5, 5.41) is 2.59. The molecular formula is C64H49N. The SMILES string of the molecule is CC1(C)c2ccccc2-c2ccc(N(c3ccc(-c4ccccc4)cc3)c3ccc(-c4c(-c5ccc(-c6ccccc6)cc5)c5c(c6ccccc46)C(C)(C)c4ccccc4-5)cc3)cc21. The van der Waals surface area contributed by atoms with Gasteiger partial charge in [-0.25, -0.2) is 0 Å². The standard InChI is InChI=1S/C64H49N/c1-63(2)56-25-15-13-21-51(56)52-40-39-50(41-58(52)63)65(48-35-31-45(32-36-48)43-19-9-6-10-20-43)49-37-33-46(34-38-49)59-53-22-11-12-23-54(53)62-61(55-24-14-16-26-57(55)64(62,3)4)60(59)47-29-27-44(28-30-47)42-17-7-5-8-18-42/h5-41H,1-4H3. The predicted molar refractivity (Wildman–Crippen MR) is 276 cm³/mol. The summed E-state index contributed by atoms with van der Waals surface area (Å²) in [5.74, 6) is 0. The molecule has 2 aliphatic carbocycles. The molecule has 0 bridgehead atoms. The van der Waals surface area contributed by atoms with Crippen LogP contribution >= 0.6 is 0 Å². The molecule has 0 aromatic heterocycles. The van der Waals surface area contributed by atoms with Crippen molar-refractivity contribution < 1.29 is 0 Å². The van der Waals surface area contributed by atoms with E-state index in [0.717, 1.165) is 17.1 Å². The maximum Gasteiger partial charge on any atom is 0.0465 e. The molecule has 0 amide bonds. The Morgan fingerprint density at radius 3 is 1.31 bits per heavy atom. The second-order valence-corrected chi connectivity index (χ2v) is 18.9. The number of hydrogen-bond acceptors (Lipinski definition) is 1. The van der Waals surface area contributed by atoms with Crippen LogP contribution in [0, 0.1) is 0 Å². The summed E-state index contributed by atoms with van der Waals surface area (Å²) < 4.78 is 0. The average Bonchev–Trinajstić information content (AvgIpc) is 3.74. The summed E-state index contributed by atoms with van der Waals surface area (Å²) in [5.41, 5.74) is 23.8. The van der Waals surface area contributed by atoms with E-state index in [4.69, 9.17) is 0 Å². The molecule has 0 spiro atoms. The van der Waals surface area contributed by atoms with Gasteiger partial charge in [0.2, 0.25) is 0 Å². The van der Waals surface area contributed by atoms with Crippen molar-refractivity contribution in [1.82, 2.24) is 0 Å². The first-order valence-corrected chi connectivity index (χ1v) is 22.9. The predicted octanol–water partition coefficient (Wildman–Crippen LogP) is 17.6. The van der Waals surface area contributed by atoms with E-state index < -0.39 is 0 Å². The van der Waals surface area contributed by atoms with Gasteiger partial charge in [-0.15, -0.1) is 0 Å². The van der Waals surface area contributed by atoms with Crippen LogP contribution in [0.4, 0.5) is 17.1 Å². The fraction of sp³-hybridized carbons (Fsp3) is 0.0938. The maximum absolute atomic E-state index is 2.43. The van der Waals surface area contributed by atoms with Crippen LogP contribution in [0.5, 0.6) is 0 Å². The summed E-state index contributed by atoms with van der Waals surface area (Å²) in [6.07, 6.45) is 0. The van der Waals surface area contributed by atoms with Crippen LogP contribution in [0.3, 0.4) is 0 Å². The van der Waals surface area contributed by atoms with Gasteiger partial charge in [0.1, 0.15) is 0 Å². The molecule has 10 aromatic carbocycles. The first-order valence-electron chi connectivity index (χ1n) is 22.9. The van der Waals surface area contributed by atoms with Crippen LogP contribution < -0.4 is 4.90 Å². The van der Waals surface area contributed by atoms with E-state index in [9.17, 15) is 0 Å². The number of benzene rings is 10. The zero-order valence-corrected chi connectivity index (χ0v) is 37.3. The second kappa shape index (κ2) is 14.9. The lowest BCUT2D eigenvalue weighted by Crippen LogP contribution is -2.16. The van der Waals surface area contributed by atoms with Gasteiger partial charge < -0.3 is 4.90 Å². The van der Waals surface area contributed by atoms with Gasteiger partial charge in [0.25, 0.3) is 0 Å². The summed E-state index contributed by atoms with van der Waals surface area (Å²) in [4.78, 5) is 2.43. The van der Waals surface area contributed by atoms with E-state index in [1.54, 1.807) is 0 Å². The Morgan fingerprint density at radius 2 is 0.692 bits per heavy atom. The number of nitrogens with zero attached hydrogens (tertiary/aromatic N) is 1. The van der Waals surface area contributed by atoms with E-state index in [1.165, 1.54) is 99.8 Å². The van der Waals surface area contributed by atoms with Crippen LogP contribution in [0.1, 0.15) is 49.9 Å². The number of fused-ring (bicyclic) bond motifs is 8. The molecule has 12 rings (SSSR count). The Kier molecular flexibility index (Phi) is 8.94. The summed E-state index contributed by atoms with van der Waals surface area (Å²) in [6, 6.07) is 83.2. The topological polar surface area (TPSA) is 3.24 Å². The Bertz CT molecular complexity index is 3430. The molecule has 2 aliphatic rings. The maximum atomic E-state index is 2.43. The summed E-state index contributed by atoms with van der Waals surface area (Å²) >= 11 is 0. The average molecular weight is 832 g/mol. The quantitative estimate of drug-likeness (QED) is 0.155. The van der Waals surface area contributed by atoms with Gasteiger partial charge >= 0.3 is 0 Å². The van der Waals surface area contributed by atoms with Crippen LogP contribution in [0.25, 0.3) is 77.5 Å². The second-order valence-electron chi connectivity index (χ2n) is 18.9. The van der Waals surface area contributed by atoms with Crippen LogP contribution in [0.2, 0.25) is 0 Å². The first-order chi connectivity index (χ1) is 31.8. The molecule has 1 heteroatoms. The highest BCUT2D eigenvalue weighted by Crippen LogP contribution is 2.58. The Labute approximate surface area is 383 Å². The van der Waals surface area contributed by atoms with Crippen molar-refractivity contribution in [3.8, 4) is 66.8 Å². The molecular weight excluding hydrogens is 783 g/mol. The molecule has 310 valence electrons. The minimum absolute atomic E-state index is 0.119. The summed E-state index contributed by atoms with van der Waals surface area (Å²) in [6.45, 7) is 9.53. The van der Waals surface area contributed by atoms with Crippen molar-refractivity contribution in [3.05, 3.63) is 247 Å². The third-order valence-electron chi connectivity index (χ3n) is 14.5. The van der Waals surface area contributed by atoms with E-state index in [2.05, 4.69) is 257 Å². The molecule has 0 atom stereocenters. The minimum Gasteiger partial charge on any atom is -0.310 e. The molecule has 0 radical (unpaired) electrons. The molecule has 0 aliphatic heterocycles. The van der Waals surface area contributed by atoms with Gasteiger partial charge in [0.15, 0.2) is 0 Å². The van der Waals surface area contributed by atoms with Gasteiger partial charge in [-0.2, -0.15) is 0 Å². The molecule has 10 aromatic rings. The molecule has 65 heavy (non-hydrogen) atoms. The number of hydrogen-bond donors (Lipinski definition) is 0. The Morgan fingerprint density at radius 1 is 0.277 bits per heavy atom. The third-order valence-corrected chi connectivity index (χ3v) is 14.5. The zero-order valence-electron chi connectivity index (χ0n) is 37.3. The van der Waals surface area contributed by atoms with E-state index in [1.807, 2.05) is 0 Å². The van der Waals surface area contributed by atoms with Crippen LogP contribution in [-0.4, -0.2) is 0 Å². The van der Waals surface area contributed by atoms with Crippen molar-refractivity contribution in [3.63, 3.8) is 0 Å². The third kappa shape index (κ3) is 6.14. The van der Waals surface area contributed by atoms with E-state index in [0.29, 0.717) is 0 Å². The molecule has 0 N–H and O–H groups in total.